The summed E-state index contributed by atoms with van der Waals surface area (Å²) in [5.74, 6) is 0. The second kappa shape index (κ2) is 6.74. The predicted molar refractivity (Wildman–Crippen MR) is 65.5 cm³/mol. The summed E-state index contributed by atoms with van der Waals surface area (Å²) in [6, 6.07) is 6.12. The van der Waals surface area contributed by atoms with E-state index in [-0.39, 0.29) is 18.9 Å². The fourth-order valence-corrected chi connectivity index (χ4v) is 1.78. The molecule has 0 heterocycles. The van der Waals surface area contributed by atoms with Gasteiger partial charge in [-0.1, -0.05) is 12.1 Å². The molecule has 0 aliphatic carbocycles. The number of ether oxygens (including phenoxy) is 1. The number of benzene rings is 1. The lowest BCUT2D eigenvalue weighted by Crippen LogP contribution is -2.08. The Balaban J connectivity index is 2.57. The van der Waals surface area contributed by atoms with Crippen LogP contribution in [0.3, 0.4) is 0 Å². The highest BCUT2D eigenvalue weighted by Crippen LogP contribution is 2.35. The number of para-hydroxylation sites is 1. The SMILES string of the molecule is CC(OCCOP(=O)(O)O)c1ccccc1[N+](=O)[O-]. The van der Waals surface area contributed by atoms with Crippen molar-refractivity contribution in [3.63, 3.8) is 0 Å². The molecule has 1 atom stereocenters. The Morgan fingerprint density at radius 2 is 2.00 bits per heavy atom. The van der Waals surface area contributed by atoms with Crippen molar-refractivity contribution in [1.29, 1.82) is 0 Å². The molecule has 0 spiro atoms. The summed E-state index contributed by atoms with van der Waals surface area (Å²) in [7, 11) is -4.51. The maximum atomic E-state index is 10.8. The van der Waals surface area contributed by atoms with E-state index in [1.54, 1.807) is 25.1 Å². The molecule has 0 amide bonds. The molecule has 0 aliphatic heterocycles. The summed E-state index contributed by atoms with van der Waals surface area (Å²) >= 11 is 0. The normalized spacial score (nSPS) is 13.2. The molecule has 0 saturated carbocycles. The van der Waals surface area contributed by atoms with Gasteiger partial charge in [0.1, 0.15) is 0 Å². The number of hydrogen-bond acceptors (Lipinski definition) is 5. The fraction of sp³-hybridized carbons (Fsp3) is 0.400. The third-order valence-corrected chi connectivity index (χ3v) is 2.80. The zero-order valence-corrected chi connectivity index (χ0v) is 11.0. The number of nitro benzene ring substituents is 1. The van der Waals surface area contributed by atoms with Gasteiger partial charge in [0.25, 0.3) is 5.69 Å². The van der Waals surface area contributed by atoms with Crippen LogP contribution >= 0.6 is 7.82 Å². The van der Waals surface area contributed by atoms with Gasteiger partial charge in [0.2, 0.25) is 0 Å². The summed E-state index contributed by atoms with van der Waals surface area (Å²) in [5, 5.41) is 10.8. The number of rotatable bonds is 7. The van der Waals surface area contributed by atoms with Crippen molar-refractivity contribution < 1.29 is 28.5 Å². The van der Waals surface area contributed by atoms with Gasteiger partial charge in [-0.2, -0.15) is 0 Å². The van der Waals surface area contributed by atoms with Gasteiger partial charge in [-0.05, 0) is 13.0 Å². The van der Waals surface area contributed by atoms with Crippen molar-refractivity contribution in [3.05, 3.63) is 39.9 Å². The van der Waals surface area contributed by atoms with E-state index >= 15 is 0 Å². The molecule has 19 heavy (non-hydrogen) atoms. The average molecular weight is 291 g/mol. The molecule has 0 aromatic heterocycles. The maximum absolute atomic E-state index is 10.8. The van der Waals surface area contributed by atoms with Crippen molar-refractivity contribution in [2.45, 2.75) is 13.0 Å². The first-order chi connectivity index (χ1) is 8.81. The van der Waals surface area contributed by atoms with Crippen molar-refractivity contribution in [1.82, 2.24) is 0 Å². The molecule has 1 unspecified atom stereocenters. The van der Waals surface area contributed by atoms with E-state index in [2.05, 4.69) is 4.52 Å². The zero-order chi connectivity index (χ0) is 14.5. The van der Waals surface area contributed by atoms with Crippen LogP contribution in [0.25, 0.3) is 0 Å². The highest BCUT2D eigenvalue weighted by atomic mass is 31.2. The van der Waals surface area contributed by atoms with Gasteiger partial charge < -0.3 is 14.5 Å². The number of phosphoric ester groups is 1. The third-order valence-electron chi connectivity index (χ3n) is 2.28. The second-order valence-corrected chi connectivity index (χ2v) is 4.89. The van der Waals surface area contributed by atoms with Gasteiger partial charge in [0, 0.05) is 6.07 Å². The summed E-state index contributed by atoms with van der Waals surface area (Å²) in [6.07, 6.45) is -0.582. The van der Waals surface area contributed by atoms with Crippen LogP contribution in [0.15, 0.2) is 24.3 Å². The van der Waals surface area contributed by atoms with E-state index in [1.807, 2.05) is 0 Å². The van der Waals surface area contributed by atoms with E-state index in [0.717, 1.165) is 0 Å². The van der Waals surface area contributed by atoms with Crippen LogP contribution < -0.4 is 0 Å². The van der Waals surface area contributed by atoms with E-state index in [1.165, 1.54) is 6.07 Å². The smallest absolute Gasteiger partial charge is 0.371 e. The monoisotopic (exact) mass is 291 g/mol. The topological polar surface area (TPSA) is 119 Å². The number of hydrogen-bond donors (Lipinski definition) is 2. The Morgan fingerprint density at radius 3 is 2.58 bits per heavy atom. The van der Waals surface area contributed by atoms with Crippen molar-refractivity contribution >= 4 is 13.5 Å². The molecular formula is C10H14NO7P. The van der Waals surface area contributed by atoms with Crippen LogP contribution in [-0.4, -0.2) is 27.9 Å². The van der Waals surface area contributed by atoms with Crippen molar-refractivity contribution in [3.8, 4) is 0 Å². The molecule has 8 nitrogen and oxygen atoms in total. The maximum Gasteiger partial charge on any atom is 0.469 e. The molecule has 1 rings (SSSR count). The van der Waals surface area contributed by atoms with Gasteiger partial charge in [0.05, 0.1) is 29.8 Å². The molecule has 106 valence electrons. The van der Waals surface area contributed by atoms with E-state index in [0.29, 0.717) is 5.56 Å². The molecule has 0 bridgehead atoms. The van der Waals surface area contributed by atoms with Gasteiger partial charge in [-0.25, -0.2) is 4.57 Å². The lowest BCUT2D eigenvalue weighted by molar-refractivity contribution is -0.386. The van der Waals surface area contributed by atoms with Crippen molar-refractivity contribution in [2.24, 2.45) is 0 Å². The van der Waals surface area contributed by atoms with Crippen LogP contribution in [0.5, 0.6) is 0 Å². The summed E-state index contributed by atoms with van der Waals surface area (Å²) in [5.41, 5.74) is 0.328. The predicted octanol–water partition coefficient (Wildman–Crippen LogP) is 1.78. The summed E-state index contributed by atoms with van der Waals surface area (Å²) in [4.78, 5) is 27.2. The zero-order valence-electron chi connectivity index (χ0n) is 10.1. The molecule has 9 heteroatoms. The molecule has 1 aromatic rings. The van der Waals surface area contributed by atoms with Gasteiger partial charge >= 0.3 is 7.82 Å². The minimum Gasteiger partial charge on any atom is -0.371 e. The molecule has 0 radical (unpaired) electrons. The van der Waals surface area contributed by atoms with Gasteiger partial charge in [-0.3, -0.25) is 14.6 Å². The third kappa shape index (κ3) is 5.46. The minimum absolute atomic E-state index is 0.0640. The number of nitro groups is 1. The highest BCUT2D eigenvalue weighted by Gasteiger charge is 2.19. The average Bonchev–Trinajstić information content (AvgIpc) is 2.33. The summed E-state index contributed by atoms with van der Waals surface area (Å²) in [6.45, 7) is 1.23. The van der Waals surface area contributed by atoms with Crippen LogP contribution in [0.2, 0.25) is 0 Å². The minimum atomic E-state index is -4.51. The molecule has 0 aliphatic rings. The fourth-order valence-electron chi connectivity index (χ4n) is 1.47. The lowest BCUT2D eigenvalue weighted by atomic mass is 10.1. The van der Waals surface area contributed by atoms with Gasteiger partial charge in [0.15, 0.2) is 0 Å². The molecule has 0 saturated heterocycles. The van der Waals surface area contributed by atoms with Crippen LogP contribution in [0, 0.1) is 10.1 Å². The Hall–Kier alpha value is -1.31. The van der Waals surface area contributed by atoms with Crippen LogP contribution in [0.4, 0.5) is 5.69 Å². The molecule has 1 aromatic carbocycles. The van der Waals surface area contributed by atoms with E-state index in [9.17, 15) is 14.7 Å². The number of phosphoric acid groups is 1. The number of nitrogens with zero attached hydrogens (tertiary/aromatic N) is 1. The second-order valence-electron chi connectivity index (χ2n) is 3.65. The molecule has 0 fully saturated rings. The Bertz CT molecular complexity index is 487. The van der Waals surface area contributed by atoms with E-state index < -0.39 is 18.8 Å². The standard InChI is InChI=1S/C10H14NO7P/c1-8(17-6-7-18-19(14,15)16)9-4-2-3-5-10(9)11(12)13/h2-5,8H,6-7H2,1H3,(H2,14,15,16). The Morgan fingerprint density at radius 1 is 1.37 bits per heavy atom. The van der Waals surface area contributed by atoms with Gasteiger partial charge in [-0.15, -0.1) is 0 Å². The Kier molecular flexibility index (Phi) is 5.59. The summed E-state index contributed by atoms with van der Waals surface area (Å²) < 4.78 is 19.9. The highest BCUT2D eigenvalue weighted by molar-refractivity contribution is 7.46. The first-order valence-corrected chi connectivity index (χ1v) is 6.89. The quantitative estimate of drug-likeness (QED) is 0.340. The van der Waals surface area contributed by atoms with Crippen molar-refractivity contribution in [2.75, 3.05) is 13.2 Å². The lowest BCUT2D eigenvalue weighted by Gasteiger charge is -2.13. The largest absolute Gasteiger partial charge is 0.469 e. The first kappa shape index (κ1) is 15.7. The van der Waals surface area contributed by atoms with Crippen LogP contribution in [0.1, 0.15) is 18.6 Å². The molecule has 2 N–H and O–H groups in total. The first-order valence-electron chi connectivity index (χ1n) is 5.36. The van der Waals surface area contributed by atoms with E-state index in [4.69, 9.17) is 14.5 Å². The molecular weight excluding hydrogens is 277 g/mol. The Labute approximate surface area is 109 Å². The van der Waals surface area contributed by atoms with Crippen LogP contribution in [-0.2, 0) is 13.8 Å².